The van der Waals surface area contributed by atoms with Gasteiger partial charge in [0.2, 0.25) is 0 Å². The molecule has 0 spiro atoms. The van der Waals surface area contributed by atoms with Crippen LogP contribution in [0.25, 0.3) is 0 Å². The molecule has 0 radical (unpaired) electrons. The molecule has 1 amide bonds. The van der Waals surface area contributed by atoms with Crippen LogP contribution in [0.15, 0.2) is 40.8 Å². The Morgan fingerprint density at radius 3 is 2.65 bits per heavy atom. The van der Waals surface area contributed by atoms with Gasteiger partial charge >= 0.3 is 0 Å². The second kappa shape index (κ2) is 4.33. The molecule has 0 fully saturated rings. The van der Waals surface area contributed by atoms with Crippen LogP contribution < -0.4 is 10.6 Å². The number of nitrogens with zero attached hydrogens (tertiary/aromatic N) is 1. The highest BCUT2D eigenvalue weighted by atomic mass is 16.3. The fraction of sp³-hybridized carbons (Fsp3) is 0.154. The maximum atomic E-state index is 12.1. The highest BCUT2D eigenvalue weighted by Gasteiger charge is 2.16. The number of benzene rings is 1. The molecule has 4 heteroatoms. The molecule has 2 rings (SSSR count). The predicted octanol–water partition coefficient (Wildman–Crippen LogP) is 2.45. The van der Waals surface area contributed by atoms with Gasteiger partial charge in [-0.15, -0.1) is 0 Å². The van der Waals surface area contributed by atoms with E-state index in [0.29, 0.717) is 17.2 Å². The Kier molecular flexibility index (Phi) is 2.87. The average Bonchev–Trinajstić information content (AvgIpc) is 2.74. The topological polar surface area (TPSA) is 59.5 Å². The summed E-state index contributed by atoms with van der Waals surface area (Å²) in [5.74, 6) is 0.852. The van der Waals surface area contributed by atoms with Crippen LogP contribution in [0.1, 0.15) is 16.3 Å². The largest absolute Gasteiger partial charge is 0.456 e. The van der Waals surface area contributed by atoms with Crippen molar-refractivity contribution in [2.45, 2.75) is 6.92 Å². The van der Waals surface area contributed by atoms with Crippen LogP contribution >= 0.6 is 0 Å². The molecule has 4 nitrogen and oxygen atoms in total. The molecule has 0 aliphatic rings. The fourth-order valence-corrected chi connectivity index (χ4v) is 1.57. The summed E-state index contributed by atoms with van der Waals surface area (Å²) in [6, 6.07) is 10.6. The first-order valence-electron chi connectivity index (χ1n) is 5.28. The van der Waals surface area contributed by atoms with E-state index < -0.39 is 0 Å². The van der Waals surface area contributed by atoms with Gasteiger partial charge < -0.3 is 15.1 Å². The smallest absolute Gasteiger partial charge is 0.293 e. The second-order valence-corrected chi connectivity index (χ2v) is 3.87. The minimum atomic E-state index is -0.191. The predicted molar refractivity (Wildman–Crippen MR) is 67.0 cm³/mol. The molecule has 0 saturated carbocycles. The van der Waals surface area contributed by atoms with Crippen LogP contribution in [0.2, 0.25) is 0 Å². The maximum absolute atomic E-state index is 12.1. The van der Waals surface area contributed by atoms with Crippen molar-refractivity contribution >= 4 is 17.3 Å². The monoisotopic (exact) mass is 230 g/mol. The lowest BCUT2D eigenvalue weighted by molar-refractivity contribution is 0.0965. The summed E-state index contributed by atoms with van der Waals surface area (Å²) in [4.78, 5) is 13.6. The van der Waals surface area contributed by atoms with Gasteiger partial charge in [-0.05, 0) is 37.3 Å². The lowest BCUT2D eigenvalue weighted by Gasteiger charge is -2.16. The number of amides is 1. The molecule has 88 valence electrons. The Balaban J connectivity index is 2.26. The van der Waals surface area contributed by atoms with E-state index in [9.17, 15) is 4.79 Å². The van der Waals surface area contributed by atoms with Crippen LogP contribution in [0.5, 0.6) is 0 Å². The third-order valence-corrected chi connectivity index (χ3v) is 2.51. The number of carbonyl (C=O) groups excluding carboxylic acids is 1. The molecule has 1 aromatic carbocycles. The zero-order valence-corrected chi connectivity index (χ0v) is 9.81. The molecular formula is C13H14N2O2. The van der Waals surface area contributed by atoms with Gasteiger partial charge in [-0.2, -0.15) is 0 Å². The highest BCUT2D eigenvalue weighted by molar-refractivity contribution is 6.04. The zero-order chi connectivity index (χ0) is 12.4. The third kappa shape index (κ3) is 2.30. The second-order valence-electron chi connectivity index (χ2n) is 3.87. The van der Waals surface area contributed by atoms with Gasteiger partial charge in [0.05, 0.1) is 0 Å². The number of hydrogen-bond donors (Lipinski definition) is 1. The number of anilines is 2. The first kappa shape index (κ1) is 11.3. The summed E-state index contributed by atoms with van der Waals surface area (Å²) in [5, 5.41) is 0. The standard InChI is InChI=1S/C13H14N2O2/c1-9-6-7-12(17-9)13(16)15(2)11-5-3-4-10(14)8-11/h3-8H,14H2,1-2H3. The molecule has 2 aromatic rings. The van der Waals surface area contributed by atoms with Gasteiger partial charge in [0.15, 0.2) is 5.76 Å². The van der Waals surface area contributed by atoms with E-state index in [2.05, 4.69) is 0 Å². The summed E-state index contributed by atoms with van der Waals surface area (Å²) >= 11 is 0. The Labute approximate surface area is 99.6 Å². The number of rotatable bonds is 2. The molecule has 0 saturated heterocycles. The van der Waals surface area contributed by atoms with Crippen molar-refractivity contribution in [2.75, 3.05) is 17.7 Å². The molecule has 0 unspecified atom stereocenters. The lowest BCUT2D eigenvalue weighted by Crippen LogP contribution is -2.25. The van der Waals surface area contributed by atoms with Crippen molar-refractivity contribution in [1.82, 2.24) is 0 Å². The number of furan rings is 1. The number of carbonyl (C=O) groups is 1. The molecule has 1 heterocycles. The van der Waals surface area contributed by atoms with Crippen molar-refractivity contribution in [1.29, 1.82) is 0 Å². The molecule has 2 N–H and O–H groups in total. The summed E-state index contributed by atoms with van der Waals surface area (Å²) in [7, 11) is 1.69. The average molecular weight is 230 g/mol. The van der Waals surface area contributed by atoms with Crippen LogP contribution in [0, 0.1) is 6.92 Å². The van der Waals surface area contributed by atoms with Crippen molar-refractivity contribution < 1.29 is 9.21 Å². The molecular weight excluding hydrogens is 216 g/mol. The SMILES string of the molecule is Cc1ccc(C(=O)N(C)c2cccc(N)c2)o1. The molecule has 0 atom stereocenters. The quantitative estimate of drug-likeness (QED) is 0.806. The number of aryl methyl sites for hydroxylation is 1. The summed E-state index contributed by atoms with van der Waals surface area (Å²) < 4.78 is 5.30. The van der Waals surface area contributed by atoms with Gasteiger partial charge in [0, 0.05) is 18.4 Å². The van der Waals surface area contributed by atoms with E-state index in [1.165, 1.54) is 4.90 Å². The van der Waals surface area contributed by atoms with Crippen LogP contribution in [-0.4, -0.2) is 13.0 Å². The van der Waals surface area contributed by atoms with Gasteiger partial charge in [0.25, 0.3) is 5.91 Å². The van der Waals surface area contributed by atoms with E-state index in [1.54, 1.807) is 38.2 Å². The molecule has 0 aliphatic carbocycles. The van der Waals surface area contributed by atoms with Crippen LogP contribution in [0.4, 0.5) is 11.4 Å². The normalized spacial score (nSPS) is 10.2. The molecule has 17 heavy (non-hydrogen) atoms. The Morgan fingerprint density at radius 1 is 1.29 bits per heavy atom. The van der Waals surface area contributed by atoms with Crippen molar-refractivity contribution in [3.8, 4) is 0 Å². The molecule has 0 aliphatic heterocycles. The highest BCUT2D eigenvalue weighted by Crippen LogP contribution is 2.19. The number of hydrogen-bond acceptors (Lipinski definition) is 3. The van der Waals surface area contributed by atoms with E-state index in [4.69, 9.17) is 10.2 Å². The van der Waals surface area contributed by atoms with Crippen LogP contribution in [-0.2, 0) is 0 Å². The minimum Gasteiger partial charge on any atom is -0.456 e. The summed E-state index contributed by atoms with van der Waals surface area (Å²) in [5.41, 5.74) is 7.04. The van der Waals surface area contributed by atoms with Crippen molar-refractivity contribution in [3.05, 3.63) is 47.9 Å². The number of nitrogen functional groups attached to an aromatic ring is 1. The minimum absolute atomic E-state index is 0.191. The first-order chi connectivity index (χ1) is 8.08. The summed E-state index contributed by atoms with van der Waals surface area (Å²) in [6.07, 6.45) is 0. The van der Waals surface area contributed by atoms with Gasteiger partial charge in [-0.1, -0.05) is 6.07 Å². The van der Waals surface area contributed by atoms with E-state index in [1.807, 2.05) is 12.1 Å². The molecule has 1 aromatic heterocycles. The van der Waals surface area contributed by atoms with Crippen molar-refractivity contribution in [3.63, 3.8) is 0 Å². The number of nitrogens with two attached hydrogens (primary N) is 1. The van der Waals surface area contributed by atoms with Gasteiger partial charge in [-0.25, -0.2) is 0 Å². The Bertz CT molecular complexity index is 546. The van der Waals surface area contributed by atoms with Crippen LogP contribution in [0.3, 0.4) is 0 Å². The molecule has 0 bridgehead atoms. The summed E-state index contributed by atoms with van der Waals surface area (Å²) in [6.45, 7) is 1.80. The lowest BCUT2D eigenvalue weighted by atomic mass is 10.2. The zero-order valence-electron chi connectivity index (χ0n) is 9.81. The van der Waals surface area contributed by atoms with E-state index in [0.717, 1.165) is 5.69 Å². The Hall–Kier alpha value is -2.23. The first-order valence-corrected chi connectivity index (χ1v) is 5.28. The third-order valence-electron chi connectivity index (χ3n) is 2.51. The Morgan fingerprint density at radius 2 is 2.06 bits per heavy atom. The van der Waals surface area contributed by atoms with E-state index >= 15 is 0 Å². The maximum Gasteiger partial charge on any atom is 0.293 e. The van der Waals surface area contributed by atoms with Crippen molar-refractivity contribution in [2.24, 2.45) is 0 Å². The van der Waals surface area contributed by atoms with E-state index in [-0.39, 0.29) is 5.91 Å². The fourth-order valence-electron chi connectivity index (χ4n) is 1.57. The van der Waals surface area contributed by atoms with Gasteiger partial charge in [-0.3, -0.25) is 4.79 Å². The van der Waals surface area contributed by atoms with Gasteiger partial charge in [0.1, 0.15) is 5.76 Å².